The van der Waals surface area contributed by atoms with Crippen molar-refractivity contribution in [3.63, 3.8) is 0 Å². The van der Waals surface area contributed by atoms with E-state index in [1.54, 1.807) is 48.5 Å². The summed E-state index contributed by atoms with van der Waals surface area (Å²) in [5.41, 5.74) is 3.20. The van der Waals surface area contributed by atoms with Crippen molar-refractivity contribution in [1.82, 2.24) is 4.57 Å². The minimum Gasteiger partial charge on any atom is -0.485 e. The highest BCUT2D eigenvalue weighted by molar-refractivity contribution is 5.99. The molecule has 0 saturated carbocycles. The monoisotopic (exact) mass is 449 g/mol. The minimum absolute atomic E-state index is 0.0140. The topological polar surface area (TPSA) is 93.1 Å². The largest absolute Gasteiger partial charge is 0.485 e. The van der Waals surface area contributed by atoms with E-state index in [1.807, 2.05) is 24.5 Å². The summed E-state index contributed by atoms with van der Waals surface area (Å²) in [4.78, 5) is 36.9. The number of rotatable bonds is 6. The Hall–Kier alpha value is -4.07. The number of Topliss-reactive ketones (excluding diaryl/α,β-unsaturated/α-hetero) is 1. The van der Waals surface area contributed by atoms with Crippen molar-refractivity contribution in [1.29, 1.82) is 0 Å². The van der Waals surface area contributed by atoms with Crippen LogP contribution < -0.4 is 9.47 Å². The van der Waals surface area contributed by atoms with Gasteiger partial charge in [0.15, 0.2) is 18.1 Å². The zero-order chi connectivity index (χ0) is 23.5. The van der Waals surface area contributed by atoms with Crippen LogP contribution in [0.4, 0.5) is 0 Å². The third-order valence-corrected chi connectivity index (χ3v) is 5.40. The van der Waals surface area contributed by atoms with Crippen molar-refractivity contribution in [3.05, 3.63) is 77.1 Å². The van der Waals surface area contributed by atoms with Gasteiger partial charge in [-0.3, -0.25) is 4.79 Å². The highest BCUT2D eigenvalue weighted by atomic mass is 16.6. The second-order valence-corrected chi connectivity index (χ2v) is 7.55. The summed E-state index contributed by atoms with van der Waals surface area (Å²) in [6.07, 6.45) is -0.937. The first-order chi connectivity index (χ1) is 15.9. The first-order valence-electron chi connectivity index (χ1n) is 10.3. The number of hydrogen-bond acceptors (Lipinski definition) is 7. The lowest BCUT2D eigenvalue weighted by Gasteiger charge is -2.24. The number of aryl methyl sites for hydroxylation is 1. The number of esters is 2. The van der Waals surface area contributed by atoms with Gasteiger partial charge in [0.2, 0.25) is 11.9 Å². The predicted molar refractivity (Wildman–Crippen MR) is 118 cm³/mol. The molecule has 8 nitrogen and oxygen atoms in total. The van der Waals surface area contributed by atoms with Gasteiger partial charge in [-0.25, -0.2) is 9.59 Å². The number of hydrogen-bond donors (Lipinski definition) is 0. The van der Waals surface area contributed by atoms with Crippen molar-refractivity contribution < 1.29 is 33.3 Å². The quantitative estimate of drug-likeness (QED) is 0.420. The fourth-order valence-electron chi connectivity index (χ4n) is 3.75. The molecule has 0 unspecified atom stereocenters. The Morgan fingerprint density at radius 1 is 1.03 bits per heavy atom. The van der Waals surface area contributed by atoms with E-state index in [2.05, 4.69) is 0 Å². The van der Waals surface area contributed by atoms with Gasteiger partial charge in [0.05, 0.1) is 12.7 Å². The summed E-state index contributed by atoms with van der Waals surface area (Å²) in [7, 11) is 1.33. The van der Waals surface area contributed by atoms with Gasteiger partial charge < -0.3 is 23.5 Å². The zero-order valence-electron chi connectivity index (χ0n) is 18.5. The van der Waals surface area contributed by atoms with Crippen LogP contribution in [0.15, 0.2) is 54.6 Å². The highest BCUT2D eigenvalue weighted by Gasteiger charge is 2.29. The highest BCUT2D eigenvalue weighted by Crippen LogP contribution is 2.31. The normalized spacial score (nSPS) is 14.5. The maximum atomic E-state index is 12.8. The minimum atomic E-state index is -0.937. The second kappa shape index (κ2) is 9.20. The molecule has 0 N–H and O–H groups in total. The Kier molecular flexibility index (Phi) is 6.17. The van der Waals surface area contributed by atoms with Gasteiger partial charge in [-0.05, 0) is 56.3 Å². The van der Waals surface area contributed by atoms with Gasteiger partial charge in [-0.2, -0.15) is 0 Å². The van der Waals surface area contributed by atoms with Crippen LogP contribution >= 0.6 is 0 Å². The van der Waals surface area contributed by atoms with Crippen LogP contribution in [0.25, 0.3) is 5.69 Å². The molecular formula is C25H23NO7. The van der Waals surface area contributed by atoms with Crippen LogP contribution in [0.5, 0.6) is 11.5 Å². The number of ketones is 1. The molecule has 1 aliphatic rings. The van der Waals surface area contributed by atoms with Crippen LogP contribution in [-0.4, -0.2) is 48.7 Å². The maximum Gasteiger partial charge on any atom is 0.351 e. The Labute approximate surface area is 190 Å². The van der Waals surface area contributed by atoms with Crippen molar-refractivity contribution in [2.24, 2.45) is 0 Å². The molecule has 0 fully saturated rings. The van der Waals surface area contributed by atoms with Crippen molar-refractivity contribution in [3.8, 4) is 17.2 Å². The molecule has 1 atom stereocenters. The number of ether oxygens (including phenoxy) is 4. The lowest BCUT2D eigenvalue weighted by molar-refractivity contribution is -0.153. The number of aromatic nitrogens is 1. The average molecular weight is 449 g/mol. The predicted octanol–water partition coefficient (Wildman–Crippen LogP) is 3.45. The summed E-state index contributed by atoms with van der Waals surface area (Å²) in [5.74, 6) is -0.393. The molecule has 8 heteroatoms. The lowest BCUT2D eigenvalue weighted by atomic mass is 10.1. The summed E-state index contributed by atoms with van der Waals surface area (Å²) in [6, 6.07) is 15.7. The summed E-state index contributed by atoms with van der Waals surface area (Å²) in [5, 5.41) is 0. The molecule has 0 saturated heterocycles. The van der Waals surface area contributed by atoms with Gasteiger partial charge in [0, 0.05) is 22.6 Å². The van der Waals surface area contributed by atoms with Crippen molar-refractivity contribution in [2.45, 2.75) is 20.0 Å². The number of carbonyl (C=O) groups is 3. The van der Waals surface area contributed by atoms with E-state index in [-0.39, 0.29) is 12.4 Å². The number of carbonyl (C=O) groups excluding carboxylic acids is 3. The molecule has 0 aliphatic carbocycles. The molecule has 0 radical (unpaired) electrons. The molecule has 1 aliphatic heterocycles. The Morgan fingerprint density at radius 2 is 1.73 bits per heavy atom. The molecule has 33 heavy (non-hydrogen) atoms. The smallest absolute Gasteiger partial charge is 0.351 e. The van der Waals surface area contributed by atoms with E-state index in [1.165, 1.54) is 7.11 Å². The number of methoxy groups -OCH3 is 1. The summed E-state index contributed by atoms with van der Waals surface area (Å²) >= 11 is 0. The van der Waals surface area contributed by atoms with Gasteiger partial charge in [-0.15, -0.1) is 0 Å². The van der Waals surface area contributed by atoms with E-state index in [9.17, 15) is 14.4 Å². The third-order valence-electron chi connectivity index (χ3n) is 5.40. The molecule has 0 spiro atoms. The first kappa shape index (κ1) is 22.1. The van der Waals surface area contributed by atoms with Crippen molar-refractivity contribution >= 4 is 17.7 Å². The average Bonchev–Trinajstić information content (AvgIpc) is 3.15. The van der Waals surface area contributed by atoms with Crippen LogP contribution in [0, 0.1) is 13.8 Å². The molecule has 170 valence electrons. The molecule has 1 aromatic heterocycles. The summed E-state index contributed by atoms with van der Waals surface area (Å²) < 4.78 is 23.0. The Bertz CT molecular complexity index is 1210. The number of benzene rings is 2. The van der Waals surface area contributed by atoms with Gasteiger partial charge >= 0.3 is 11.9 Å². The molecule has 3 aromatic rings. The van der Waals surface area contributed by atoms with E-state index >= 15 is 0 Å². The van der Waals surface area contributed by atoms with Crippen LogP contribution in [0.2, 0.25) is 0 Å². The van der Waals surface area contributed by atoms with E-state index < -0.39 is 24.6 Å². The SMILES string of the molecule is COC(=O)c1ccc(-n2c(C)cc(C(=O)COC(=O)[C@H]3COc4ccccc4O3)c2C)cc1. The fraction of sp³-hybridized carbons (Fsp3) is 0.240. The zero-order valence-corrected chi connectivity index (χ0v) is 18.5. The first-order valence-corrected chi connectivity index (χ1v) is 10.3. The third kappa shape index (κ3) is 4.45. The molecule has 0 amide bonds. The van der Waals surface area contributed by atoms with Crippen LogP contribution in [-0.2, 0) is 14.3 Å². The second-order valence-electron chi connectivity index (χ2n) is 7.55. The van der Waals surface area contributed by atoms with E-state index in [4.69, 9.17) is 18.9 Å². The lowest BCUT2D eigenvalue weighted by Crippen LogP contribution is -2.38. The van der Waals surface area contributed by atoms with Gasteiger partial charge in [0.25, 0.3) is 0 Å². The molecular weight excluding hydrogens is 426 g/mol. The van der Waals surface area contributed by atoms with Crippen LogP contribution in [0.1, 0.15) is 32.1 Å². The van der Waals surface area contributed by atoms with E-state index in [0.717, 1.165) is 11.4 Å². The maximum absolute atomic E-state index is 12.8. The number of para-hydroxylation sites is 2. The van der Waals surface area contributed by atoms with E-state index in [0.29, 0.717) is 28.3 Å². The van der Waals surface area contributed by atoms with Gasteiger partial charge in [0.1, 0.15) is 6.61 Å². The summed E-state index contributed by atoms with van der Waals surface area (Å²) in [6.45, 7) is 3.28. The standard InChI is InChI=1S/C25H23NO7/c1-15-12-19(16(2)26(15)18-10-8-17(9-11-18)24(28)30-3)20(27)13-32-25(29)23-14-31-21-6-4-5-7-22(21)33-23/h4-12,23H,13-14H2,1-3H3/t23-/m1/s1. The Morgan fingerprint density at radius 3 is 2.42 bits per heavy atom. The molecule has 0 bridgehead atoms. The molecule has 2 aromatic carbocycles. The number of fused-ring (bicyclic) bond motifs is 1. The van der Waals surface area contributed by atoms with Crippen LogP contribution in [0.3, 0.4) is 0 Å². The van der Waals surface area contributed by atoms with Gasteiger partial charge in [-0.1, -0.05) is 12.1 Å². The molecule has 2 heterocycles. The molecule has 4 rings (SSSR count). The number of nitrogens with zero attached hydrogens (tertiary/aromatic N) is 1. The fourth-order valence-corrected chi connectivity index (χ4v) is 3.75. The Balaban J connectivity index is 1.43. The van der Waals surface area contributed by atoms with Crippen molar-refractivity contribution in [2.75, 3.05) is 20.3 Å².